The summed E-state index contributed by atoms with van der Waals surface area (Å²) in [5.41, 5.74) is 1.67. The molecule has 158 valence electrons. The molecule has 0 radical (unpaired) electrons. The number of piperidine rings is 1. The molecular weight excluding hydrogens is 398 g/mol. The van der Waals surface area contributed by atoms with Gasteiger partial charge in [0.05, 0.1) is 10.6 Å². The summed E-state index contributed by atoms with van der Waals surface area (Å²) in [5, 5.41) is 15.1. The molecule has 2 fully saturated rings. The molecule has 0 spiro atoms. The summed E-state index contributed by atoms with van der Waals surface area (Å²) in [5.74, 6) is -0.0229. The number of thioether (sulfide) groups is 1. The van der Waals surface area contributed by atoms with Gasteiger partial charge in [0.15, 0.2) is 0 Å². The van der Waals surface area contributed by atoms with Gasteiger partial charge >= 0.3 is 0 Å². The molecule has 7 heteroatoms. The van der Waals surface area contributed by atoms with Gasteiger partial charge in [0.2, 0.25) is 5.91 Å². The Morgan fingerprint density at radius 2 is 1.67 bits per heavy atom. The Labute approximate surface area is 181 Å². The third-order valence-corrected chi connectivity index (χ3v) is 7.44. The van der Waals surface area contributed by atoms with Gasteiger partial charge in [0, 0.05) is 35.2 Å². The van der Waals surface area contributed by atoms with Crippen LogP contribution in [0.3, 0.4) is 0 Å². The van der Waals surface area contributed by atoms with Crippen LogP contribution < -0.4 is 10.2 Å². The number of rotatable bonds is 6. The molecule has 1 N–H and O–H groups in total. The van der Waals surface area contributed by atoms with E-state index in [0.717, 1.165) is 10.6 Å². The fraction of sp³-hybridized carbons (Fsp3) is 0.435. The van der Waals surface area contributed by atoms with Gasteiger partial charge in [-0.3, -0.25) is 14.9 Å². The van der Waals surface area contributed by atoms with Crippen LogP contribution in [0, 0.1) is 16.0 Å². The van der Waals surface area contributed by atoms with Gasteiger partial charge in [0.1, 0.15) is 5.69 Å². The molecule has 1 aliphatic heterocycles. The second-order valence-corrected chi connectivity index (χ2v) is 9.36. The normalized spacial score (nSPS) is 17.8. The van der Waals surface area contributed by atoms with Gasteiger partial charge in [-0.2, -0.15) is 0 Å². The quantitative estimate of drug-likeness (QED) is 0.490. The minimum atomic E-state index is -0.340. The Morgan fingerprint density at radius 3 is 2.40 bits per heavy atom. The molecule has 30 heavy (non-hydrogen) atoms. The zero-order valence-corrected chi connectivity index (χ0v) is 17.8. The van der Waals surface area contributed by atoms with Crippen molar-refractivity contribution in [3.8, 4) is 0 Å². The number of para-hydroxylation sites is 3. The number of carbonyl (C=O) groups is 1. The predicted molar refractivity (Wildman–Crippen MR) is 121 cm³/mol. The topological polar surface area (TPSA) is 75.5 Å². The first-order valence-corrected chi connectivity index (χ1v) is 11.5. The monoisotopic (exact) mass is 425 g/mol. The van der Waals surface area contributed by atoms with Gasteiger partial charge in [0.25, 0.3) is 5.69 Å². The molecule has 2 aromatic carbocycles. The molecule has 1 saturated heterocycles. The van der Waals surface area contributed by atoms with Crippen LogP contribution in [0.15, 0.2) is 53.4 Å². The summed E-state index contributed by atoms with van der Waals surface area (Å²) in [6.45, 7) is 1.28. The van der Waals surface area contributed by atoms with Crippen LogP contribution >= 0.6 is 11.8 Å². The van der Waals surface area contributed by atoms with E-state index < -0.39 is 0 Å². The van der Waals surface area contributed by atoms with E-state index in [9.17, 15) is 14.9 Å². The first kappa shape index (κ1) is 20.7. The maximum Gasteiger partial charge on any atom is 0.292 e. The van der Waals surface area contributed by atoms with E-state index in [1.807, 2.05) is 40.9 Å². The number of hydrogen-bond acceptors (Lipinski definition) is 5. The first-order chi connectivity index (χ1) is 14.6. The standard InChI is InChI=1S/C23H27N3O3S/c27-23(24-19-9-3-6-12-22(19)30-18-7-1-2-8-18)17-13-15-25(16-14-17)20-10-4-5-11-21(20)26(28)29/h3-6,9-12,17-18H,1-2,7-8,13-16H2,(H,24,27). The predicted octanol–water partition coefficient (Wildman–Crippen LogP) is 5.48. The molecule has 0 aromatic heterocycles. The highest BCUT2D eigenvalue weighted by molar-refractivity contribution is 8.00. The van der Waals surface area contributed by atoms with E-state index in [2.05, 4.69) is 11.4 Å². The maximum atomic E-state index is 12.9. The highest BCUT2D eigenvalue weighted by atomic mass is 32.2. The summed E-state index contributed by atoms with van der Waals surface area (Å²) < 4.78 is 0. The number of nitrogens with zero attached hydrogens (tertiary/aromatic N) is 2. The second-order valence-electron chi connectivity index (χ2n) is 8.02. The molecule has 1 saturated carbocycles. The van der Waals surface area contributed by atoms with Crippen molar-refractivity contribution in [2.24, 2.45) is 5.92 Å². The van der Waals surface area contributed by atoms with Gasteiger partial charge in [-0.25, -0.2) is 0 Å². The zero-order chi connectivity index (χ0) is 20.9. The van der Waals surface area contributed by atoms with Crippen LogP contribution in [0.4, 0.5) is 17.1 Å². The average molecular weight is 426 g/mol. The lowest BCUT2D eigenvalue weighted by Crippen LogP contribution is -2.38. The zero-order valence-electron chi connectivity index (χ0n) is 17.0. The van der Waals surface area contributed by atoms with Crippen LogP contribution in [0.5, 0.6) is 0 Å². The van der Waals surface area contributed by atoms with E-state index in [0.29, 0.717) is 36.9 Å². The number of amides is 1. The highest BCUT2D eigenvalue weighted by Gasteiger charge is 2.28. The Morgan fingerprint density at radius 1 is 1.00 bits per heavy atom. The van der Waals surface area contributed by atoms with Crippen LogP contribution in [-0.4, -0.2) is 29.2 Å². The van der Waals surface area contributed by atoms with Crippen LogP contribution in [0.1, 0.15) is 38.5 Å². The molecule has 1 aliphatic carbocycles. The molecule has 6 nitrogen and oxygen atoms in total. The molecule has 0 bridgehead atoms. The summed E-state index contributed by atoms with van der Waals surface area (Å²) >= 11 is 1.88. The van der Waals surface area contributed by atoms with Gasteiger partial charge in [-0.05, 0) is 43.9 Å². The number of carbonyl (C=O) groups excluding carboxylic acids is 1. The third kappa shape index (κ3) is 4.78. The largest absolute Gasteiger partial charge is 0.366 e. The fourth-order valence-corrected chi connectivity index (χ4v) is 5.69. The van der Waals surface area contributed by atoms with Gasteiger partial charge in [-0.1, -0.05) is 37.1 Å². The average Bonchev–Trinajstić information content (AvgIpc) is 3.28. The Balaban J connectivity index is 1.37. The lowest BCUT2D eigenvalue weighted by Gasteiger charge is -2.32. The van der Waals surface area contributed by atoms with Gasteiger partial charge < -0.3 is 10.2 Å². The molecule has 1 amide bonds. The Kier molecular flexibility index (Phi) is 6.57. The first-order valence-electron chi connectivity index (χ1n) is 10.7. The maximum absolute atomic E-state index is 12.9. The van der Waals surface area contributed by atoms with E-state index in [4.69, 9.17) is 0 Å². The number of nitro groups is 1. The van der Waals surface area contributed by atoms with Gasteiger partial charge in [-0.15, -0.1) is 11.8 Å². The molecule has 2 aliphatic rings. The SMILES string of the molecule is O=C(Nc1ccccc1SC1CCCC1)C1CCN(c2ccccc2[N+](=O)[O-])CC1. The van der Waals surface area contributed by atoms with Crippen molar-refractivity contribution >= 4 is 34.7 Å². The number of nitro benzene ring substituents is 1. The number of hydrogen-bond donors (Lipinski definition) is 1. The lowest BCUT2D eigenvalue weighted by molar-refractivity contribution is -0.384. The molecule has 2 aromatic rings. The minimum absolute atomic E-state index is 0.0525. The fourth-order valence-electron chi connectivity index (χ4n) is 4.36. The highest BCUT2D eigenvalue weighted by Crippen LogP contribution is 2.38. The molecular formula is C23H27N3O3S. The Hall–Kier alpha value is -2.54. The van der Waals surface area contributed by atoms with Crippen LogP contribution in [0.2, 0.25) is 0 Å². The van der Waals surface area contributed by atoms with Crippen molar-refractivity contribution in [1.29, 1.82) is 0 Å². The van der Waals surface area contributed by atoms with Crippen LogP contribution in [-0.2, 0) is 4.79 Å². The summed E-state index contributed by atoms with van der Waals surface area (Å²) in [6.07, 6.45) is 6.47. The number of benzene rings is 2. The summed E-state index contributed by atoms with van der Waals surface area (Å²) in [6, 6.07) is 14.9. The van der Waals surface area contributed by atoms with Crippen molar-refractivity contribution in [2.75, 3.05) is 23.3 Å². The summed E-state index contributed by atoms with van der Waals surface area (Å²) in [7, 11) is 0. The minimum Gasteiger partial charge on any atom is -0.366 e. The second kappa shape index (κ2) is 9.51. The van der Waals surface area contributed by atoms with Crippen molar-refractivity contribution in [1.82, 2.24) is 0 Å². The Bertz CT molecular complexity index is 906. The molecule has 0 unspecified atom stereocenters. The van der Waals surface area contributed by atoms with Crippen molar-refractivity contribution in [3.63, 3.8) is 0 Å². The van der Waals surface area contributed by atoms with Crippen molar-refractivity contribution < 1.29 is 9.72 Å². The lowest BCUT2D eigenvalue weighted by atomic mass is 9.95. The van der Waals surface area contributed by atoms with E-state index in [1.165, 1.54) is 31.7 Å². The van der Waals surface area contributed by atoms with E-state index in [-0.39, 0.29) is 22.4 Å². The number of nitrogens with one attached hydrogen (secondary N) is 1. The van der Waals surface area contributed by atoms with Crippen molar-refractivity contribution in [3.05, 3.63) is 58.6 Å². The van der Waals surface area contributed by atoms with E-state index >= 15 is 0 Å². The molecule has 0 atom stereocenters. The van der Waals surface area contributed by atoms with E-state index in [1.54, 1.807) is 12.1 Å². The van der Waals surface area contributed by atoms with Crippen molar-refractivity contribution in [2.45, 2.75) is 48.7 Å². The summed E-state index contributed by atoms with van der Waals surface area (Å²) in [4.78, 5) is 27.1. The molecule has 1 heterocycles. The third-order valence-electron chi connectivity index (χ3n) is 6.03. The smallest absolute Gasteiger partial charge is 0.292 e. The number of anilines is 2. The van der Waals surface area contributed by atoms with Crippen LogP contribution in [0.25, 0.3) is 0 Å². The molecule has 4 rings (SSSR count).